The number of hydrogen-bond acceptors (Lipinski definition) is 4. The van der Waals surface area contributed by atoms with Crippen molar-refractivity contribution in [1.82, 2.24) is 9.97 Å². The number of fused-ring (bicyclic) bond motifs is 1. The SMILES string of the molecule is OCCC1(CNc2nc(C(F)F)nc3ccccc23)CC1. The maximum Gasteiger partial charge on any atom is 0.297 e. The first-order chi connectivity index (χ1) is 10.1. The van der Waals surface area contributed by atoms with Crippen molar-refractivity contribution in [1.29, 1.82) is 0 Å². The zero-order chi connectivity index (χ0) is 14.9. The molecule has 0 amide bonds. The molecule has 2 N–H and O–H groups in total. The van der Waals surface area contributed by atoms with Crippen LogP contribution in [0.15, 0.2) is 24.3 Å². The van der Waals surface area contributed by atoms with E-state index < -0.39 is 12.2 Å². The van der Waals surface area contributed by atoms with Gasteiger partial charge < -0.3 is 10.4 Å². The molecule has 1 fully saturated rings. The third kappa shape index (κ3) is 2.95. The molecule has 4 nitrogen and oxygen atoms in total. The van der Waals surface area contributed by atoms with Gasteiger partial charge in [-0.2, -0.15) is 0 Å². The van der Waals surface area contributed by atoms with Gasteiger partial charge in [-0.25, -0.2) is 18.7 Å². The van der Waals surface area contributed by atoms with E-state index in [1.54, 1.807) is 12.1 Å². The second-order valence-electron chi connectivity index (χ2n) is 5.58. The van der Waals surface area contributed by atoms with Crippen LogP contribution in [0, 0.1) is 5.41 Å². The maximum absolute atomic E-state index is 12.9. The number of hydrogen-bond donors (Lipinski definition) is 2. The summed E-state index contributed by atoms with van der Waals surface area (Å²) in [6.45, 7) is 0.783. The molecule has 3 rings (SSSR count). The van der Waals surface area contributed by atoms with Crippen molar-refractivity contribution in [3.05, 3.63) is 30.1 Å². The molecule has 0 radical (unpaired) electrons. The topological polar surface area (TPSA) is 58.0 Å². The van der Waals surface area contributed by atoms with Gasteiger partial charge in [-0.15, -0.1) is 0 Å². The van der Waals surface area contributed by atoms with Crippen molar-refractivity contribution < 1.29 is 13.9 Å². The smallest absolute Gasteiger partial charge is 0.297 e. The van der Waals surface area contributed by atoms with Gasteiger partial charge >= 0.3 is 0 Å². The summed E-state index contributed by atoms with van der Waals surface area (Å²) in [5.41, 5.74) is 0.600. The average molecular weight is 293 g/mol. The number of rotatable bonds is 6. The van der Waals surface area contributed by atoms with Gasteiger partial charge in [-0.05, 0) is 36.8 Å². The molecule has 112 valence electrons. The molecular formula is C15H17F2N3O. The van der Waals surface area contributed by atoms with Crippen LogP contribution >= 0.6 is 0 Å². The Bertz CT molecular complexity index is 644. The zero-order valence-electron chi connectivity index (χ0n) is 11.5. The van der Waals surface area contributed by atoms with Crippen molar-refractivity contribution in [2.75, 3.05) is 18.5 Å². The number of alkyl halides is 2. The molecule has 1 aromatic carbocycles. The largest absolute Gasteiger partial charge is 0.396 e. The van der Waals surface area contributed by atoms with Gasteiger partial charge in [0, 0.05) is 18.5 Å². The number of benzene rings is 1. The summed E-state index contributed by atoms with van der Waals surface area (Å²) in [5, 5.41) is 13.0. The quantitative estimate of drug-likeness (QED) is 0.859. The lowest BCUT2D eigenvalue weighted by atomic mass is 10.0. The highest BCUT2D eigenvalue weighted by Gasteiger charge is 2.41. The minimum atomic E-state index is -2.69. The summed E-state index contributed by atoms with van der Waals surface area (Å²) in [5.74, 6) is -0.0108. The van der Waals surface area contributed by atoms with E-state index in [4.69, 9.17) is 5.11 Å². The lowest BCUT2D eigenvalue weighted by Gasteiger charge is -2.16. The molecule has 1 aromatic heterocycles. The Hall–Kier alpha value is -1.82. The number of aliphatic hydroxyl groups excluding tert-OH is 1. The van der Waals surface area contributed by atoms with Crippen molar-refractivity contribution in [2.24, 2.45) is 5.41 Å². The van der Waals surface area contributed by atoms with Crippen LogP contribution in [0.25, 0.3) is 10.9 Å². The molecule has 6 heteroatoms. The van der Waals surface area contributed by atoms with Crippen molar-refractivity contribution in [2.45, 2.75) is 25.7 Å². The fourth-order valence-electron chi connectivity index (χ4n) is 2.53. The normalized spacial score (nSPS) is 16.4. The molecule has 1 aliphatic carbocycles. The van der Waals surface area contributed by atoms with Gasteiger partial charge in [-0.1, -0.05) is 12.1 Å². The Morgan fingerprint density at radius 1 is 1.24 bits per heavy atom. The highest BCUT2D eigenvalue weighted by Crippen LogP contribution is 2.48. The first-order valence-corrected chi connectivity index (χ1v) is 7.03. The van der Waals surface area contributed by atoms with E-state index in [2.05, 4.69) is 15.3 Å². The van der Waals surface area contributed by atoms with Gasteiger partial charge in [0.1, 0.15) is 5.82 Å². The third-order valence-electron chi connectivity index (χ3n) is 4.05. The van der Waals surface area contributed by atoms with Crippen molar-refractivity contribution in [3.8, 4) is 0 Å². The van der Waals surface area contributed by atoms with E-state index in [1.807, 2.05) is 12.1 Å². The summed E-state index contributed by atoms with van der Waals surface area (Å²) in [6.07, 6.45) is 0.129. The fraction of sp³-hybridized carbons (Fsp3) is 0.467. The Morgan fingerprint density at radius 2 is 2.00 bits per heavy atom. The van der Waals surface area contributed by atoms with Gasteiger partial charge in [0.05, 0.1) is 5.52 Å². The number of nitrogens with zero attached hydrogens (tertiary/aromatic N) is 2. The lowest BCUT2D eigenvalue weighted by molar-refractivity contribution is 0.141. The second-order valence-corrected chi connectivity index (χ2v) is 5.58. The molecule has 0 aliphatic heterocycles. The van der Waals surface area contributed by atoms with E-state index in [0.717, 1.165) is 24.6 Å². The molecule has 0 spiro atoms. The van der Waals surface area contributed by atoms with Crippen LogP contribution in [-0.2, 0) is 0 Å². The van der Waals surface area contributed by atoms with E-state index in [0.29, 0.717) is 17.9 Å². The molecule has 1 saturated carbocycles. The van der Waals surface area contributed by atoms with E-state index >= 15 is 0 Å². The van der Waals surface area contributed by atoms with Crippen LogP contribution in [0.2, 0.25) is 0 Å². The molecule has 21 heavy (non-hydrogen) atoms. The molecule has 1 aliphatic rings. The molecule has 0 unspecified atom stereocenters. The number of aromatic nitrogens is 2. The summed E-state index contributed by atoms with van der Waals surface area (Å²) < 4.78 is 25.8. The summed E-state index contributed by atoms with van der Waals surface area (Å²) >= 11 is 0. The molecule has 2 aromatic rings. The van der Waals surface area contributed by atoms with Crippen LogP contribution in [0.4, 0.5) is 14.6 Å². The Kier molecular flexibility index (Phi) is 3.71. The third-order valence-corrected chi connectivity index (χ3v) is 4.05. The molecule has 0 atom stereocenters. The van der Waals surface area contributed by atoms with Crippen LogP contribution in [-0.4, -0.2) is 28.2 Å². The number of halogens is 2. The highest BCUT2D eigenvalue weighted by atomic mass is 19.3. The van der Waals surface area contributed by atoms with Gasteiger partial charge in [0.15, 0.2) is 5.82 Å². The summed E-state index contributed by atoms with van der Waals surface area (Å²) in [4.78, 5) is 7.85. The molecule has 0 bridgehead atoms. The Morgan fingerprint density at radius 3 is 2.67 bits per heavy atom. The number of aliphatic hydroxyl groups is 1. The summed E-state index contributed by atoms with van der Waals surface area (Å²) in [7, 11) is 0. The lowest BCUT2D eigenvalue weighted by Crippen LogP contribution is -2.18. The molecule has 1 heterocycles. The number of nitrogens with one attached hydrogen (secondary N) is 1. The standard InChI is InChI=1S/C15H17F2N3O/c16-12(17)14-19-11-4-2-1-3-10(11)13(20-14)18-9-15(5-6-15)7-8-21/h1-4,12,21H,5-9H2,(H,18,19,20). The number of anilines is 1. The van der Waals surface area contributed by atoms with E-state index in [1.165, 1.54) is 0 Å². The molecular weight excluding hydrogens is 276 g/mol. The first-order valence-electron chi connectivity index (χ1n) is 7.03. The van der Waals surface area contributed by atoms with E-state index in [-0.39, 0.29) is 12.0 Å². The van der Waals surface area contributed by atoms with Crippen LogP contribution in [0.1, 0.15) is 31.5 Å². The van der Waals surface area contributed by atoms with Crippen molar-refractivity contribution >= 4 is 16.7 Å². The molecule has 0 saturated heterocycles. The zero-order valence-corrected chi connectivity index (χ0v) is 11.5. The van der Waals surface area contributed by atoms with Crippen LogP contribution in [0.5, 0.6) is 0 Å². The van der Waals surface area contributed by atoms with Gasteiger partial charge in [-0.3, -0.25) is 0 Å². The summed E-state index contributed by atoms with van der Waals surface area (Å²) in [6, 6.07) is 7.12. The predicted molar refractivity (Wildman–Crippen MR) is 76.4 cm³/mol. The Balaban J connectivity index is 1.89. The van der Waals surface area contributed by atoms with Crippen LogP contribution in [0.3, 0.4) is 0 Å². The van der Waals surface area contributed by atoms with Gasteiger partial charge in [0.2, 0.25) is 0 Å². The Labute approximate surface area is 121 Å². The highest BCUT2D eigenvalue weighted by molar-refractivity contribution is 5.89. The average Bonchev–Trinajstić information content (AvgIpc) is 3.25. The number of para-hydroxylation sites is 1. The van der Waals surface area contributed by atoms with Crippen LogP contribution < -0.4 is 5.32 Å². The van der Waals surface area contributed by atoms with Crippen molar-refractivity contribution in [3.63, 3.8) is 0 Å². The van der Waals surface area contributed by atoms with Gasteiger partial charge in [0.25, 0.3) is 6.43 Å². The fourth-order valence-corrected chi connectivity index (χ4v) is 2.53. The first kappa shape index (κ1) is 14.1. The van der Waals surface area contributed by atoms with E-state index in [9.17, 15) is 8.78 Å². The maximum atomic E-state index is 12.9. The monoisotopic (exact) mass is 293 g/mol. The minimum Gasteiger partial charge on any atom is -0.396 e. The predicted octanol–water partition coefficient (Wildman–Crippen LogP) is 3.14. The second kappa shape index (κ2) is 5.52. The minimum absolute atomic E-state index is 0.0891.